The molecule has 138 valence electrons. The van der Waals surface area contributed by atoms with Gasteiger partial charge in [-0.25, -0.2) is 0 Å². The van der Waals surface area contributed by atoms with E-state index in [1.807, 2.05) is 23.1 Å². The van der Waals surface area contributed by atoms with Crippen LogP contribution in [0.1, 0.15) is 44.6 Å². The van der Waals surface area contributed by atoms with Crippen LogP contribution in [0, 0.1) is 5.41 Å². The van der Waals surface area contributed by atoms with Gasteiger partial charge in [-0.1, -0.05) is 51.1 Å². The van der Waals surface area contributed by atoms with Gasteiger partial charge < -0.3 is 9.64 Å². The highest BCUT2D eigenvalue weighted by Gasteiger charge is 2.37. The molecule has 0 spiro atoms. The highest BCUT2D eigenvalue weighted by molar-refractivity contribution is 5.76. The highest BCUT2D eigenvalue weighted by atomic mass is 16.5. The van der Waals surface area contributed by atoms with Crippen molar-refractivity contribution in [2.45, 2.75) is 45.8 Å². The van der Waals surface area contributed by atoms with Crippen molar-refractivity contribution < 1.29 is 9.53 Å². The molecule has 2 atom stereocenters. The summed E-state index contributed by atoms with van der Waals surface area (Å²) in [4.78, 5) is 23.1. The second kappa shape index (κ2) is 7.96. The van der Waals surface area contributed by atoms with Gasteiger partial charge in [0.1, 0.15) is 6.10 Å². The van der Waals surface area contributed by atoms with E-state index in [9.17, 15) is 4.79 Å². The van der Waals surface area contributed by atoms with Crippen LogP contribution in [0.25, 0.3) is 0 Å². The quantitative estimate of drug-likeness (QED) is 0.845. The Morgan fingerprint density at radius 1 is 1.19 bits per heavy atom. The summed E-state index contributed by atoms with van der Waals surface area (Å²) in [5.41, 5.74) is 1.94. The number of carbonyl (C=O) groups is 1. The molecule has 1 aliphatic heterocycles. The molecule has 0 bridgehead atoms. The predicted octanol–water partition coefficient (Wildman–Crippen LogP) is 3.42. The summed E-state index contributed by atoms with van der Waals surface area (Å²) in [5, 5.41) is 0. The van der Waals surface area contributed by atoms with Crippen molar-refractivity contribution in [3.8, 4) is 0 Å². The van der Waals surface area contributed by atoms with E-state index in [1.54, 1.807) is 18.6 Å². The van der Waals surface area contributed by atoms with Gasteiger partial charge in [-0.05, 0) is 17.4 Å². The molecule has 0 aliphatic carbocycles. The number of aromatic nitrogens is 2. The van der Waals surface area contributed by atoms with Gasteiger partial charge >= 0.3 is 0 Å². The van der Waals surface area contributed by atoms with Gasteiger partial charge in [0.2, 0.25) is 5.91 Å². The molecule has 3 rings (SSSR count). The van der Waals surface area contributed by atoms with Crippen LogP contribution in [0.5, 0.6) is 0 Å². The molecule has 5 heteroatoms. The lowest BCUT2D eigenvalue weighted by Gasteiger charge is -2.43. The topological polar surface area (TPSA) is 55.3 Å². The number of nitrogens with zero attached hydrogens (tertiary/aromatic N) is 3. The largest absolute Gasteiger partial charge is 0.366 e. The third kappa shape index (κ3) is 4.67. The Hall–Kier alpha value is -2.27. The van der Waals surface area contributed by atoms with Crippen LogP contribution in [-0.4, -0.2) is 40.0 Å². The summed E-state index contributed by atoms with van der Waals surface area (Å²) in [6, 6.07) is 10.2. The first-order valence-electron chi connectivity index (χ1n) is 9.16. The Labute approximate surface area is 155 Å². The van der Waals surface area contributed by atoms with Gasteiger partial charge in [-0.2, -0.15) is 0 Å². The summed E-state index contributed by atoms with van der Waals surface area (Å²) in [6.07, 6.45) is 5.99. The van der Waals surface area contributed by atoms with Crippen molar-refractivity contribution in [2.75, 3.05) is 13.1 Å². The first kappa shape index (κ1) is 18.5. The van der Waals surface area contributed by atoms with E-state index in [4.69, 9.17) is 4.74 Å². The lowest BCUT2D eigenvalue weighted by atomic mass is 9.87. The van der Waals surface area contributed by atoms with Gasteiger partial charge in [-0.3, -0.25) is 14.8 Å². The molecule has 1 amide bonds. The monoisotopic (exact) mass is 353 g/mol. The van der Waals surface area contributed by atoms with E-state index in [-0.39, 0.29) is 23.5 Å². The average molecular weight is 353 g/mol. The normalized spacial score (nSPS) is 20.8. The highest BCUT2D eigenvalue weighted by Crippen LogP contribution is 2.33. The third-order valence-electron chi connectivity index (χ3n) is 4.80. The molecule has 0 unspecified atom stereocenters. The predicted molar refractivity (Wildman–Crippen MR) is 100 cm³/mol. The molecule has 1 aromatic heterocycles. The maximum atomic E-state index is 12.8. The number of carbonyl (C=O) groups excluding carboxylic acids is 1. The fourth-order valence-corrected chi connectivity index (χ4v) is 3.14. The molecule has 2 aromatic rings. The molecule has 1 aromatic carbocycles. The molecule has 26 heavy (non-hydrogen) atoms. The van der Waals surface area contributed by atoms with Crippen LogP contribution >= 0.6 is 0 Å². The molecule has 0 N–H and O–H groups in total. The van der Waals surface area contributed by atoms with Crippen LogP contribution in [0.15, 0.2) is 48.9 Å². The zero-order valence-electron chi connectivity index (χ0n) is 15.8. The van der Waals surface area contributed by atoms with Crippen LogP contribution in [0.2, 0.25) is 0 Å². The fraction of sp³-hybridized carbons (Fsp3) is 0.476. The van der Waals surface area contributed by atoms with Crippen molar-refractivity contribution in [2.24, 2.45) is 5.41 Å². The standard InChI is InChI=1S/C21H27N3O2/c1-21(2,3)19-15-24(14-18(26-19)16-7-5-4-6-8-16)20(25)10-9-17-13-22-11-12-23-17/h4-8,11-13,18-19H,9-10,14-15H2,1-3H3/t18-,19+/m0/s1. The Morgan fingerprint density at radius 2 is 1.96 bits per heavy atom. The fourth-order valence-electron chi connectivity index (χ4n) is 3.14. The molecule has 1 aliphatic rings. The van der Waals surface area contributed by atoms with E-state index in [0.717, 1.165) is 11.3 Å². The summed E-state index contributed by atoms with van der Waals surface area (Å²) < 4.78 is 6.36. The molecule has 1 saturated heterocycles. The van der Waals surface area contributed by atoms with E-state index >= 15 is 0 Å². The number of hydrogen-bond donors (Lipinski definition) is 0. The van der Waals surface area contributed by atoms with Crippen molar-refractivity contribution in [1.82, 2.24) is 14.9 Å². The molecular formula is C21H27N3O2. The first-order chi connectivity index (χ1) is 12.4. The Bertz CT molecular complexity index is 713. The van der Waals surface area contributed by atoms with Crippen molar-refractivity contribution >= 4 is 5.91 Å². The van der Waals surface area contributed by atoms with Crippen LogP contribution in [-0.2, 0) is 16.0 Å². The summed E-state index contributed by atoms with van der Waals surface area (Å²) in [5.74, 6) is 0.147. The van der Waals surface area contributed by atoms with E-state index in [0.29, 0.717) is 25.9 Å². The molecule has 1 fully saturated rings. The molecular weight excluding hydrogens is 326 g/mol. The average Bonchev–Trinajstić information content (AvgIpc) is 2.66. The SMILES string of the molecule is CC(C)(C)[C@H]1CN(C(=O)CCc2cnccn2)C[C@@H](c2ccccc2)O1. The number of morpholine rings is 1. The Kier molecular flexibility index (Phi) is 5.67. The third-order valence-corrected chi connectivity index (χ3v) is 4.80. The van der Waals surface area contributed by atoms with Crippen molar-refractivity contribution in [3.63, 3.8) is 0 Å². The minimum Gasteiger partial charge on any atom is -0.366 e. The molecule has 2 heterocycles. The van der Waals surface area contributed by atoms with E-state index < -0.39 is 0 Å². The smallest absolute Gasteiger partial charge is 0.223 e. The van der Waals surface area contributed by atoms with Gasteiger partial charge in [0.05, 0.1) is 18.3 Å². The minimum absolute atomic E-state index is 0.00178. The minimum atomic E-state index is -0.0883. The molecule has 5 nitrogen and oxygen atoms in total. The number of benzene rings is 1. The second-order valence-corrected chi connectivity index (χ2v) is 7.89. The van der Waals surface area contributed by atoms with Crippen molar-refractivity contribution in [3.05, 3.63) is 60.2 Å². The molecule has 0 radical (unpaired) electrons. The number of amides is 1. The lowest BCUT2D eigenvalue weighted by Crippen LogP contribution is -2.51. The lowest BCUT2D eigenvalue weighted by molar-refractivity contribution is -0.157. The van der Waals surface area contributed by atoms with Crippen LogP contribution in [0.3, 0.4) is 0 Å². The van der Waals surface area contributed by atoms with Gasteiger partial charge in [-0.15, -0.1) is 0 Å². The van der Waals surface area contributed by atoms with E-state index in [1.165, 1.54) is 0 Å². The maximum Gasteiger partial charge on any atom is 0.223 e. The number of aryl methyl sites for hydroxylation is 1. The zero-order chi connectivity index (χ0) is 18.6. The maximum absolute atomic E-state index is 12.8. The number of hydrogen-bond acceptors (Lipinski definition) is 4. The number of rotatable bonds is 4. The summed E-state index contributed by atoms with van der Waals surface area (Å²) >= 11 is 0. The van der Waals surface area contributed by atoms with Gasteiger partial charge in [0.15, 0.2) is 0 Å². The van der Waals surface area contributed by atoms with E-state index in [2.05, 4.69) is 42.9 Å². The number of ether oxygens (including phenoxy) is 1. The Balaban J connectivity index is 1.71. The van der Waals surface area contributed by atoms with Crippen molar-refractivity contribution in [1.29, 1.82) is 0 Å². The van der Waals surface area contributed by atoms with Crippen LogP contribution in [0.4, 0.5) is 0 Å². The first-order valence-corrected chi connectivity index (χ1v) is 9.16. The summed E-state index contributed by atoms with van der Waals surface area (Å²) in [7, 11) is 0. The Morgan fingerprint density at radius 3 is 2.62 bits per heavy atom. The zero-order valence-corrected chi connectivity index (χ0v) is 15.8. The summed E-state index contributed by atoms with van der Waals surface area (Å²) in [6.45, 7) is 7.70. The second-order valence-electron chi connectivity index (χ2n) is 7.89. The molecule has 0 saturated carbocycles. The van der Waals surface area contributed by atoms with Crippen LogP contribution < -0.4 is 0 Å². The van der Waals surface area contributed by atoms with Gasteiger partial charge in [0, 0.05) is 31.6 Å². The van der Waals surface area contributed by atoms with Gasteiger partial charge in [0.25, 0.3) is 0 Å².